The van der Waals surface area contributed by atoms with E-state index in [1.165, 1.54) is 0 Å². The molecule has 0 unspecified atom stereocenters. The van der Waals surface area contributed by atoms with Crippen molar-refractivity contribution in [2.75, 3.05) is 38.2 Å². The zero-order chi connectivity index (χ0) is 37.3. The summed E-state index contributed by atoms with van der Waals surface area (Å²) in [6.45, 7) is 0. The summed E-state index contributed by atoms with van der Waals surface area (Å²) in [6, 6.07) is 55.5. The molecule has 0 amide bonds. The molecule has 0 saturated carbocycles. The fourth-order valence-electron chi connectivity index (χ4n) is 5.99. The maximum absolute atomic E-state index is 6.22. The Morgan fingerprint density at radius 1 is 0.222 bits per heavy atom. The fraction of sp³-hybridized carbons (Fsp3) is 0.0870. The first kappa shape index (κ1) is 35.3. The predicted molar refractivity (Wildman–Crippen MR) is 215 cm³/mol. The number of hydrogen-bond donors (Lipinski definition) is 0. The van der Waals surface area contributed by atoms with Gasteiger partial charge in [-0.3, -0.25) is 0 Å². The van der Waals surface area contributed by atoms with E-state index in [1.54, 1.807) is 28.4 Å². The second-order valence-electron chi connectivity index (χ2n) is 12.1. The first-order valence-corrected chi connectivity index (χ1v) is 17.4. The highest BCUT2D eigenvalue weighted by Gasteiger charge is 2.15. The van der Waals surface area contributed by atoms with Gasteiger partial charge in [-0.1, -0.05) is 0 Å². The average Bonchev–Trinajstić information content (AvgIpc) is 3.24. The molecule has 0 aliphatic rings. The van der Waals surface area contributed by atoms with Gasteiger partial charge in [0, 0.05) is 34.1 Å². The van der Waals surface area contributed by atoms with E-state index in [0.717, 1.165) is 57.1 Å². The summed E-state index contributed by atoms with van der Waals surface area (Å²) in [5.74, 6) is 6.00. The summed E-state index contributed by atoms with van der Waals surface area (Å²) in [4.78, 5) is 4.33. The van der Waals surface area contributed by atoms with Gasteiger partial charge in [-0.05, 0) is 170 Å². The maximum Gasteiger partial charge on any atom is 0.127 e. The van der Waals surface area contributed by atoms with Crippen molar-refractivity contribution in [2.45, 2.75) is 0 Å². The van der Waals surface area contributed by atoms with E-state index in [4.69, 9.17) is 28.4 Å². The molecule has 0 N–H and O–H groups in total. The minimum absolute atomic E-state index is 0.697. The molecule has 8 heteroatoms. The smallest absolute Gasteiger partial charge is 0.127 e. The number of methoxy groups -OCH3 is 4. The molecule has 270 valence electrons. The second kappa shape index (κ2) is 16.5. The minimum Gasteiger partial charge on any atom is -0.497 e. The highest BCUT2D eigenvalue weighted by atomic mass is 16.5. The van der Waals surface area contributed by atoms with Crippen LogP contribution in [0.3, 0.4) is 0 Å². The Bertz CT molecular complexity index is 1960. The third-order valence-electron chi connectivity index (χ3n) is 8.81. The van der Waals surface area contributed by atoms with Crippen LogP contribution in [-0.4, -0.2) is 28.4 Å². The summed E-state index contributed by atoms with van der Waals surface area (Å²) in [5.41, 5.74) is 5.92. The number of hydrogen-bond acceptors (Lipinski definition) is 8. The van der Waals surface area contributed by atoms with Gasteiger partial charge in [-0.25, -0.2) is 0 Å². The van der Waals surface area contributed by atoms with Crippen LogP contribution in [0, 0.1) is 0 Å². The largest absolute Gasteiger partial charge is 0.497 e. The average molecular weight is 717 g/mol. The number of benzene rings is 7. The van der Waals surface area contributed by atoms with Crippen molar-refractivity contribution in [2.24, 2.45) is 0 Å². The lowest BCUT2D eigenvalue weighted by molar-refractivity contribution is 0.414. The third kappa shape index (κ3) is 8.19. The molecular weight excluding hydrogens is 677 g/mol. The van der Waals surface area contributed by atoms with Crippen LogP contribution in [0.1, 0.15) is 0 Å². The Morgan fingerprint density at radius 2 is 0.370 bits per heavy atom. The normalized spacial score (nSPS) is 10.6. The Balaban J connectivity index is 1.04. The monoisotopic (exact) mass is 716 g/mol. The Labute approximate surface area is 315 Å². The van der Waals surface area contributed by atoms with Gasteiger partial charge in [0.2, 0.25) is 0 Å². The molecule has 0 atom stereocenters. The molecule has 0 heterocycles. The highest BCUT2D eigenvalue weighted by Crippen LogP contribution is 2.39. The number of ether oxygens (including phenoxy) is 6. The molecule has 0 radical (unpaired) electrons. The van der Waals surface area contributed by atoms with E-state index < -0.39 is 0 Å². The molecule has 8 nitrogen and oxygen atoms in total. The Hall–Kier alpha value is -7.06. The van der Waals surface area contributed by atoms with Gasteiger partial charge in [0.1, 0.15) is 46.0 Å². The quantitative estimate of drug-likeness (QED) is 0.110. The number of nitrogens with zero attached hydrogens (tertiary/aromatic N) is 2. The minimum atomic E-state index is 0.697. The molecule has 0 fully saturated rings. The predicted octanol–water partition coefficient (Wildman–Crippen LogP) is 12.2. The third-order valence-corrected chi connectivity index (χ3v) is 8.81. The van der Waals surface area contributed by atoms with Crippen molar-refractivity contribution in [1.82, 2.24) is 0 Å². The lowest BCUT2D eigenvalue weighted by atomic mass is 10.2. The first-order chi connectivity index (χ1) is 26.5. The molecule has 0 aliphatic heterocycles. The van der Waals surface area contributed by atoms with Crippen LogP contribution in [0.25, 0.3) is 0 Å². The molecule has 0 spiro atoms. The number of rotatable bonds is 14. The van der Waals surface area contributed by atoms with Gasteiger partial charge in [0.15, 0.2) is 0 Å². The first-order valence-electron chi connectivity index (χ1n) is 17.4. The van der Waals surface area contributed by atoms with Crippen molar-refractivity contribution < 1.29 is 28.4 Å². The van der Waals surface area contributed by atoms with Crippen LogP contribution < -0.4 is 38.2 Å². The topological polar surface area (TPSA) is 61.9 Å². The van der Waals surface area contributed by atoms with E-state index in [0.29, 0.717) is 23.0 Å². The molecule has 7 rings (SSSR count). The van der Waals surface area contributed by atoms with E-state index in [9.17, 15) is 0 Å². The van der Waals surface area contributed by atoms with Crippen molar-refractivity contribution >= 4 is 34.1 Å². The van der Waals surface area contributed by atoms with Crippen LogP contribution >= 0.6 is 0 Å². The molecular formula is C46H40N2O6. The van der Waals surface area contributed by atoms with Crippen molar-refractivity contribution in [3.8, 4) is 46.0 Å². The molecule has 0 bridgehead atoms. The molecule has 0 saturated heterocycles. The highest BCUT2D eigenvalue weighted by molar-refractivity contribution is 5.78. The standard InChI is InChI=1S/C46H40N2O6/c1-49-39-17-5-33(6-18-39)47(34-7-19-40(50-2)20-8-34)37-13-25-43(26-14-37)53-45-29-31-46(32-30-45)54-44-27-15-38(16-28-44)48(35-9-21-41(51-3)22-10-35)36-11-23-42(52-4)24-12-36/h5-32H,1-4H3. The molecule has 0 aliphatic carbocycles. The fourth-order valence-corrected chi connectivity index (χ4v) is 5.99. The van der Waals surface area contributed by atoms with Crippen molar-refractivity contribution in [3.63, 3.8) is 0 Å². The van der Waals surface area contributed by atoms with Crippen LogP contribution in [0.15, 0.2) is 170 Å². The Morgan fingerprint density at radius 3 is 0.537 bits per heavy atom. The van der Waals surface area contributed by atoms with Crippen LogP contribution in [0.5, 0.6) is 46.0 Å². The van der Waals surface area contributed by atoms with Crippen molar-refractivity contribution in [1.29, 1.82) is 0 Å². The van der Waals surface area contributed by atoms with E-state index in [-0.39, 0.29) is 0 Å². The zero-order valence-electron chi connectivity index (χ0n) is 30.5. The van der Waals surface area contributed by atoms with Gasteiger partial charge in [-0.2, -0.15) is 0 Å². The molecule has 7 aromatic rings. The SMILES string of the molecule is COc1ccc(N(c2ccc(OC)cc2)c2ccc(Oc3ccc(Oc4ccc(N(c5ccc(OC)cc5)c5ccc(OC)cc5)cc4)cc3)cc2)cc1. The van der Waals surface area contributed by atoms with E-state index >= 15 is 0 Å². The van der Waals surface area contributed by atoms with Crippen LogP contribution in [0.4, 0.5) is 34.1 Å². The van der Waals surface area contributed by atoms with Gasteiger partial charge in [0.05, 0.1) is 28.4 Å². The lowest BCUT2D eigenvalue weighted by Gasteiger charge is -2.26. The summed E-state index contributed by atoms with van der Waals surface area (Å²) in [7, 11) is 6.66. The molecule has 54 heavy (non-hydrogen) atoms. The molecule has 0 aromatic heterocycles. The van der Waals surface area contributed by atoms with Gasteiger partial charge in [0.25, 0.3) is 0 Å². The van der Waals surface area contributed by atoms with Gasteiger partial charge >= 0.3 is 0 Å². The van der Waals surface area contributed by atoms with Crippen LogP contribution in [-0.2, 0) is 0 Å². The summed E-state index contributed by atoms with van der Waals surface area (Å²) >= 11 is 0. The summed E-state index contributed by atoms with van der Waals surface area (Å²) in [5, 5.41) is 0. The molecule has 7 aromatic carbocycles. The summed E-state index contributed by atoms with van der Waals surface area (Å²) in [6.07, 6.45) is 0. The Kier molecular flexibility index (Phi) is 10.8. The zero-order valence-corrected chi connectivity index (χ0v) is 30.5. The van der Waals surface area contributed by atoms with Gasteiger partial charge in [-0.15, -0.1) is 0 Å². The maximum atomic E-state index is 6.22. The van der Waals surface area contributed by atoms with Gasteiger partial charge < -0.3 is 38.2 Å². The van der Waals surface area contributed by atoms with E-state index in [1.807, 2.05) is 170 Å². The van der Waals surface area contributed by atoms with E-state index in [2.05, 4.69) is 9.80 Å². The van der Waals surface area contributed by atoms with Crippen LogP contribution in [0.2, 0.25) is 0 Å². The van der Waals surface area contributed by atoms with Crippen molar-refractivity contribution in [3.05, 3.63) is 170 Å². The lowest BCUT2D eigenvalue weighted by Crippen LogP contribution is -2.09. The second-order valence-corrected chi connectivity index (χ2v) is 12.1. The summed E-state index contributed by atoms with van der Waals surface area (Å²) < 4.78 is 34.0. The number of anilines is 6.